The van der Waals surface area contributed by atoms with Gasteiger partial charge in [-0.3, -0.25) is 4.79 Å². The summed E-state index contributed by atoms with van der Waals surface area (Å²) in [6.07, 6.45) is 3.22. The number of nitrogens with zero attached hydrogens (tertiary/aromatic N) is 4. The normalized spacial score (nSPS) is 10.7. The van der Waals surface area contributed by atoms with Crippen molar-refractivity contribution in [2.24, 2.45) is 0 Å². The largest absolute Gasteiger partial charge is 0.361 e. The first-order valence-electron chi connectivity index (χ1n) is 6.90. The maximum absolute atomic E-state index is 12.4. The maximum atomic E-state index is 12.4. The van der Waals surface area contributed by atoms with Gasteiger partial charge in [-0.1, -0.05) is 21.1 Å². The topological polar surface area (TPSA) is 85.8 Å². The number of carbonyl (C=O) groups is 1. The van der Waals surface area contributed by atoms with Crippen molar-refractivity contribution in [1.82, 2.24) is 19.9 Å². The Morgan fingerprint density at radius 2 is 2.22 bits per heavy atom. The fraction of sp³-hybridized carbons (Fsp3) is 0.200. The number of aryl methyl sites for hydroxylation is 2. The molecule has 0 spiro atoms. The number of anilines is 1. The lowest BCUT2D eigenvalue weighted by Gasteiger charge is -2.11. The zero-order valence-corrected chi connectivity index (χ0v) is 14.2. The van der Waals surface area contributed by atoms with Gasteiger partial charge in [0.25, 0.3) is 0 Å². The van der Waals surface area contributed by atoms with E-state index in [2.05, 4.69) is 36.5 Å². The second-order valence-corrected chi connectivity index (χ2v) is 5.94. The lowest BCUT2D eigenvalue weighted by Crippen LogP contribution is -2.17. The van der Waals surface area contributed by atoms with Gasteiger partial charge < -0.3 is 9.84 Å². The van der Waals surface area contributed by atoms with Gasteiger partial charge in [-0.25, -0.2) is 9.67 Å². The molecule has 1 N–H and O–H groups in total. The molecule has 118 valence electrons. The Morgan fingerprint density at radius 1 is 1.39 bits per heavy atom. The van der Waals surface area contributed by atoms with E-state index in [-0.39, 0.29) is 12.3 Å². The fourth-order valence-corrected chi connectivity index (χ4v) is 2.61. The number of nitrogens with one attached hydrogen (secondary N) is 1. The Bertz CT molecular complexity index is 822. The number of benzene rings is 1. The minimum atomic E-state index is -0.154. The molecule has 3 rings (SSSR count). The van der Waals surface area contributed by atoms with Gasteiger partial charge in [0.05, 0.1) is 23.5 Å². The first-order chi connectivity index (χ1) is 11.0. The number of hydrogen-bond acceptors (Lipinski definition) is 5. The monoisotopic (exact) mass is 375 g/mol. The molecule has 1 amide bonds. The van der Waals surface area contributed by atoms with Crippen LogP contribution in [0, 0.1) is 13.8 Å². The molecule has 0 radical (unpaired) electrons. The van der Waals surface area contributed by atoms with Crippen LogP contribution in [0.1, 0.15) is 17.0 Å². The van der Waals surface area contributed by atoms with Crippen LogP contribution >= 0.6 is 15.9 Å². The zero-order valence-electron chi connectivity index (χ0n) is 12.6. The molecule has 3 aromatic rings. The van der Waals surface area contributed by atoms with E-state index < -0.39 is 0 Å². The smallest absolute Gasteiger partial charge is 0.229 e. The van der Waals surface area contributed by atoms with Crippen LogP contribution in [-0.2, 0) is 11.2 Å². The SMILES string of the molecule is Cc1noc(C)c1CC(=O)Nc1cc(Br)ccc1-n1cncn1. The molecule has 0 aliphatic carbocycles. The maximum Gasteiger partial charge on any atom is 0.229 e. The van der Waals surface area contributed by atoms with Crippen molar-refractivity contribution >= 4 is 27.5 Å². The van der Waals surface area contributed by atoms with Crippen LogP contribution in [0.4, 0.5) is 5.69 Å². The van der Waals surface area contributed by atoms with Crippen molar-refractivity contribution < 1.29 is 9.32 Å². The van der Waals surface area contributed by atoms with Crippen molar-refractivity contribution in [2.75, 3.05) is 5.32 Å². The summed E-state index contributed by atoms with van der Waals surface area (Å²) >= 11 is 3.41. The van der Waals surface area contributed by atoms with Crippen molar-refractivity contribution in [2.45, 2.75) is 20.3 Å². The van der Waals surface area contributed by atoms with Crippen molar-refractivity contribution in [1.29, 1.82) is 0 Å². The van der Waals surface area contributed by atoms with Crippen LogP contribution in [-0.4, -0.2) is 25.8 Å². The third-order valence-corrected chi connectivity index (χ3v) is 3.91. The number of carbonyl (C=O) groups excluding carboxylic acids is 1. The fourth-order valence-electron chi connectivity index (χ4n) is 2.25. The summed E-state index contributed by atoms with van der Waals surface area (Å²) in [5.74, 6) is 0.502. The van der Waals surface area contributed by atoms with Crippen molar-refractivity contribution in [3.05, 3.63) is 52.3 Å². The minimum absolute atomic E-state index is 0.154. The predicted octanol–water partition coefficient (Wildman–Crippen LogP) is 2.82. The Morgan fingerprint density at radius 3 is 2.87 bits per heavy atom. The van der Waals surface area contributed by atoms with Gasteiger partial charge in [0.15, 0.2) is 0 Å². The molecule has 2 aromatic heterocycles. The van der Waals surface area contributed by atoms with Gasteiger partial charge in [0.2, 0.25) is 5.91 Å². The summed E-state index contributed by atoms with van der Waals surface area (Å²) in [6, 6.07) is 5.55. The third kappa shape index (κ3) is 3.31. The van der Waals surface area contributed by atoms with E-state index in [1.165, 1.54) is 6.33 Å². The highest BCUT2D eigenvalue weighted by Crippen LogP contribution is 2.24. The molecule has 1 aromatic carbocycles. The van der Waals surface area contributed by atoms with Crippen LogP contribution in [0.2, 0.25) is 0 Å². The second kappa shape index (κ2) is 6.33. The second-order valence-electron chi connectivity index (χ2n) is 5.03. The molecular formula is C15H14BrN5O2. The molecule has 0 aliphatic heterocycles. The molecule has 0 saturated carbocycles. The van der Waals surface area contributed by atoms with Gasteiger partial charge in [0, 0.05) is 10.0 Å². The Kier molecular flexibility index (Phi) is 4.24. The molecule has 0 unspecified atom stereocenters. The van der Waals surface area contributed by atoms with Crippen LogP contribution < -0.4 is 5.32 Å². The lowest BCUT2D eigenvalue weighted by atomic mass is 10.1. The molecule has 2 heterocycles. The third-order valence-electron chi connectivity index (χ3n) is 3.42. The first-order valence-corrected chi connectivity index (χ1v) is 7.70. The van der Waals surface area contributed by atoms with Gasteiger partial charge >= 0.3 is 0 Å². The molecule has 0 aliphatic rings. The van der Waals surface area contributed by atoms with Gasteiger partial charge in [-0.05, 0) is 32.0 Å². The Balaban J connectivity index is 1.85. The summed E-state index contributed by atoms with van der Waals surface area (Å²) in [7, 11) is 0. The first kappa shape index (κ1) is 15.4. The number of amides is 1. The quantitative estimate of drug-likeness (QED) is 0.757. The highest BCUT2D eigenvalue weighted by atomic mass is 79.9. The molecule has 7 nitrogen and oxygen atoms in total. The molecule has 8 heteroatoms. The van der Waals surface area contributed by atoms with Crippen molar-refractivity contribution in [3.63, 3.8) is 0 Å². The van der Waals surface area contributed by atoms with Gasteiger partial charge in [-0.2, -0.15) is 5.10 Å². The highest BCUT2D eigenvalue weighted by Gasteiger charge is 2.15. The number of rotatable bonds is 4. The molecule has 0 atom stereocenters. The number of aromatic nitrogens is 4. The Hall–Kier alpha value is -2.48. The average molecular weight is 376 g/mol. The van der Waals surface area contributed by atoms with Gasteiger partial charge in [-0.15, -0.1) is 0 Å². The number of hydrogen-bond donors (Lipinski definition) is 1. The lowest BCUT2D eigenvalue weighted by molar-refractivity contribution is -0.115. The van der Waals surface area contributed by atoms with Crippen LogP contribution in [0.25, 0.3) is 5.69 Å². The van der Waals surface area contributed by atoms with Crippen LogP contribution in [0.15, 0.2) is 39.8 Å². The van der Waals surface area contributed by atoms with E-state index in [4.69, 9.17) is 4.52 Å². The molecule has 23 heavy (non-hydrogen) atoms. The summed E-state index contributed by atoms with van der Waals surface area (Å²) in [4.78, 5) is 16.3. The summed E-state index contributed by atoms with van der Waals surface area (Å²) in [5, 5.41) is 10.9. The van der Waals surface area contributed by atoms with E-state index in [9.17, 15) is 4.79 Å². The van der Waals surface area contributed by atoms with E-state index in [1.807, 2.05) is 25.1 Å². The standard InChI is InChI=1S/C15H14BrN5O2/c1-9-12(10(2)23-20-9)6-15(22)19-13-5-11(16)3-4-14(13)21-8-17-7-18-21/h3-5,7-8H,6H2,1-2H3,(H,19,22). The highest BCUT2D eigenvalue weighted by molar-refractivity contribution is 9.10. The number of halogens is 1. The molecule has 0 saturated heterocycles. The summed E-state index contributed by atoms with van der Waals surface area (Å²) < 4.78 is 7.54. The molecular weight excluding hydrogens is 362 g/mol. The van der Waals surface area contributed by atoms with E-state index in [0.717, 1.165) is 21.4 Å². The van der Waals surface area contributed by atoms with Crippen LogP contribution in [0.5, 0.6) is 0 Å². The van der Waals surface area contributed by atoms with E-state index >= 15 is 0 Å². The zero-order chi connectivity index (χ0) is 16.4. The minimum Gasteiger partial charge on any atom is -0.361 e. The van der Waals surface area contributed by atoms with Crippen LogP contribution in [0.3, 0.4) is 0 Å². The Labute approximate surface area is 140 Å². The predicted molar refractivity (Wildman–Crippen MR) is 87.4 cm³/mol. The average Bonchev–Trinajstić information content (AvgIpc) is 3.13. The van der Waals surface area contributed by atoms with E-state index in [1.54, 1.807) is 17.9 Å². The summed E-state index contributed by atoms with van der Waals surface area (Å²) in [5.41, 5.74) is 2.91. The van der Waals surface area contributed by atoms with E-state index in [0.29, 0.717) is 11.4 Å². The summed E-state index contributed by atoms with van der Waals surface area (Å²) in [6.45, 7) is 3.61. The van der Waals surface area contributed by atoms with Gasteiger partial charge in [0.1, 0.15) is 18.4 Å². The molecule has 0 fully saturated rings. The molecule has 0 bridgehead atoms. The van der Waals surface area contributed by atoms with Crippen molar-refractivity contribution in [3.8, 4) is 5.69 Å².